The highest BCUT2D eigenvalue weighted by atomic mass is 19.1. The molecule has 0 spiro atoms. The molecule has 10 heavy (non-hydrogen) atoms. The number of hydrogen-bond donors (Lipinski definition) is 1. The molecule has 1 saturated heterocycles. The highest BCUT2D eigenvalue weighted by molar-refractivity contribution is 5.10. The van der Waals surface area contributed by atoms with Gasteiger partial charge in [0.15, 0.2) is 0 Å². The van der Waals surface area contributed by atoms with Gasteiger partial charge in [-0.2, -0.15) is 0 Å². The van der Waals surface area contributed by atoms with Gasteiger partial charge in [0, 0.05) is 6.54 Å². The van der Waals surface area contributed by atoms with Crippen LogP contribution in [0.15, 0.2) is 11.4 Å². The second kappa shape index (κ2) is 3.68. The van der Waals surface area contributed by atoms with Gasteiger partial charge in [0.1, 0.15) is 5.83 Å². The molecule has 1 heterocycles. The number of ether oxygens (including phenoxy) is 1. The first kappa shape index (κ1) is 7.69. The van der Waals surface area contributed by atoms with Crippen LogP contribution in [0.1, 0.15) is 12.8 Å². The van der Waals surface area contributed by atoms with Crippen molar-refractivity contribution >= 4 is 0 Å². The SMILES string of the molecule is NCC(F)=C1CCOCC1. The third-order valence-electron chi connectivity index (χ3n) is 1.66. The Bertz CT molecular complexity index is 137. The van der Waals surface area contributed by atoms with E-state index in [9.17, 15) is 4.39 Å². The maximum Gasteiger partial charge on any atom is 0.113 e. The van der Waals surface area contributed by atoms with Crippen molar-refractivity contribution in [2.45, 2.75) is 12.8 Å². The van der Waals surface area contributed by atoms with E-state index < -0.39 is 0 Å². The van der Waals surface area contributed by atoms with Crippen LogP contribution in [-0.2, 0) is 4.74 Å². The lowest BCUT2D eigenvalue weighted by atomic mass is 10.1. The van der Waals surface area contributed by atoms with Crippen LogP contribution in [0, 0.1) is 0 Å². The fraction of sp³-hybridized carbons (Fsp3) is 0.714. The molecule has 0 aliphatic carbocycles. The predicted octanol–water partition coefficient (Wildman–Crippen LogP) is 0.979. The summed E-state index contributed by atoms with van der Waals surface area (Å²) in [4.78, 5) is 0. The molecule has 0 bridgehead atoms. The Balaban J connectivity index is 2.51. The lowest BCUT2D eigenvalue weighted by Gasteiger charge is -2.14. The molecule has 2 N–H and O–H groups in total. The summed E-state index contributed by atoms with van der Waals surface area (Å²) < 4.78 is 17.8. The minimum atomic E-state index is -0.150. The molecule has 1 aliphatic rings. The average molecular weight is 145 g/mol. The molecule has 0 saturated carbocycles. The van der Waals surface area contributed by atoms with Crippen molar-refractivity contribution in [3.05, 3.63) is 11.4 Å². The fourth-order valence-corrected chi connectivity index (χ4v) is 1.03. The van der Waals surface area contributed by atoms with Crippen molar-refractivity contribution in [2.24, 2.45) is 5.73 Å². The van der Waals surface area contributed by atoms with Crippen molar-refractivity contribution in [3.8, 4) is 0 Å². The maximum atomic E-state index is 12.7. The van der Waals surface area contributed by atoms with Gasteiger partial charge in [-0.25, -0.2) is 4.39 Å². The van der Waals surface area contributed by atoms with Gasteiger partial charge in [0.25, 0.3) is 0 Å². The molecule has 3 heteroatoms. The Morgan fingerprint density at radius 1 is 1.50 bits per heavy atom. The summed E-state index contributed by atoms with van der Waals surface area (Å²) in [6.07, 6.45) is 1.42. The lowest BCUT2D eigenvalue weighted by Crippen LogP contribution is -2.11. The van der Waals surface area contributed by atoms with E-state index in [1.54, 1.807) is 0 Å². The van der Waals surface area contributed by atoms with Crippen LogP contribution in [0.25, 0.3) is 0 Å². The number of halogens is 1. The van der Waals surface area contributed by atoms with E-state index in [1.165, 1.54) is 0 Å². The molecule has 2 nitrogen and oxygen atoms in total. The van der Waals surface area contributed by atoms with Gasteiger partial charge < -0.3 is 10.5 Å². The first-order valence-electron chi connectivity index (χ1n) is 3.49. The quantitative estimate of drug-likeness (QED) is 0.597. The predicted molar refractivity (Wildman–Crippen MR) is 37.2 cm³/mol. The van der Waals surface area contributed by atoms with E-state index in [2.05, 4.69) is 0 Å². The topological polar surface area (TPSA) is 35.2 Å². The maximum absolute atomic E-state index is 12.7. The molecule has 0 aromatic rings. The molecule has 0 unspecified atom stereocenters. The van der Waals surface area contributed by atoms with Crippen LogP contribution in [0.5, 0.6) is 0 Å². The highest BCUT2D eigenvalue weighted by Gasteiger charge is 2.09. The molecule has 1 fully saturated rings. The molecule has 0 radical (unpaired) electrons. The third kappa shape index (κ3) is 1.78. The van der Waals surface area contributed by atoms with E-state index >= 15 is 0 Å². The van der Waals surface area contributed by atoms with Gasteiger partial charge >= 0.3 is 0 Å². The zero-order chi connectivity index (χ0) is 7.40. The summed E-state index contributed by atoms with van der Waals surface area (Å²) in [5, 5.41) is 0. The summed E-state index contributed by atoms with van der Waals surface area (Å²) in [6, 6.07) is 0. The standard InChI is InChI=1S/C7H12FNO/c8-7(5-9)6-1-3-10-4-2-6/h1-5,9H2. The van der Waals surface area contributed by atoms with E-state index in [-0.39, 0.29) is 12.4 Å². The zero-order valence-corrected chi connectivity index (χ0v) is 5.90. The molecule has 1 rings (SSSR count). The van der Waals surface area contributed by atoms with Gasteiger partial charge in [0.2, 0.25) is 0 Å². The van der Waals surface area contributed by atoms with Crippen LogP contribution >= 0.6 is 0 Å². The van der Waals surface area contributed by atoms with Gasteiger partial charge in [-0.05, 0) is 18.4 Å². The normalized spacial score (nSPS) is 19.2. The van der Waals surface area contributed by atoms with E-state index in [0.717, 1.165) is 5.57 Å². The Kier molecular flexibility index (Phi) is 2.83. The van der Waals surface area contributed by atoms with Crippen molar-refractivity contribution < 1.29 is 9.13 Å². The first-order valence-corrected chi connectivity index (χ1v) is 3.49. The van der Waals surface area contributed by atoms with Crippen LogP contribution in [0.2, 0.25) is 0 Å². The second-order valence-electron chi connectivity index (χ2n) is 2.32. The summed E-state index contributed by atoms with van der Waals surface area (Å²) in [7, 11) is 0. The number of nitrogens with two attached hydrogens (primary N) is 1. The summed E-state index contributed by atoms with van der Waals surface area (Å²) >= 11 is 0. The van der Waals surface area contributed by atoms with Gasteiger partial charge in [-0.15, -0.1) is 0 Å². The minimum absolute atomic E-state index is 0.0370. The molecule has 58 valence electrons. The van der Waals surface area contributed by atoms with Crippen molar-refractivity contribution in [2.75, 3.05) is 19.8 Å². The second-order valence-corrected chi connectivity index (χ2v) is 2.32. The molecular formula is C7H12FNO. The summed E-state index contributed by atoms with van der Waals surface area (Å²) in [5.74, 6) is -0.150. The van der Waals surface area contributed by atoms with E-state index in [4.69, 9.17) is 10.5 Å². The first-order chi connectivity index (χ1) is 4.84. The Morgan fingerprint density at radius 2 is 2.10 bits per heavy atom. The fourth-order valence-electron chi connectivity index (χ4n) is 1.03. The van der Waals surface area contributed by atoms with Crippen LogP contribution in [0.3, 0.4) is 0 Å². The summed E-state index contributed by atoms with van der Waals surface area (Å²) in [5.41, 5.74) is 5.97. The Hall–Kier alpha value is -0.410. The van der Waals surface area contributed by atoms with Crippen molar-refractivity contribution in [1.82, 2.24) is 0 Å². The average Bonchev–Trinajstić information content (AvgIpc) is 2.05. The van der Waals surface area contributed by atoms with Crippen LogP contribution in [-0.4, -0.2) is 19.8 Å². The largest absolute Gasteiger partial charge is 0.381 e. The highest BCUT2D eigenvalue weighted by Crippen LogP contribution is 2.17. The monoisotopic (exact) mass is 145 g/mol. The zero-order valence-electron chi connectivity index (χ0n) is 5.90. The van der Waals surface area contributed by atoms with Crippen LogP contribution < -0.4 is 5.73 Å². The van der Waals surface area contributed by atoms with Gasteiger partial charge in [-0.3, -0.25) is 0 Å². The minimum Gasteiger partial charge on any atom is -0.381 e. The Morgan fingerprint density at radius 3 is 2.60 bits per heavy atom. The number of hydrogen-bond acceptors (Lipinski definition) is 2. The van der Waals surface area contributed by atoms with Gasteiger partial charge in [-0.1, -0.05) is 0 Å². The van der Waals surface area contributed by atoms with Crippen molar-refractivity contribution in [1.29, 1.82) is 0 Å². The van der Waals surface area contributed by atoms with Crippen LogP contribution in [0.4, 0.5) is 4.39 Å². The van der Waals surface area contributed by atoms with Crippen molar-refractivity contribution in [3.63, 3.8) is 0 Å². The smallest absolute Gasteiger partial charge is 0.113 e. The molecular weight excluding hydrogens is 133 g/mol. The third-order valence-corrected chi connectivity index (χ3v) is 1.66. The molecule has 0 aromatic carbocycles. The molecule has 0 amide bonds. The van der Waals surface area contributed by atoms with E-state index in [1.807, 2.05) is 0 Å². The lowest BCUT2D eigenvalue weighted by molar-refractivity contribution is 0.117. The molecule has 1 aliphatic heterocycles. The number of rotatable bonds is 1. The Labute approximate surface area is 59.9 Å². The van der Waals surface area contributed by atoms with E-state index in [0.29, 0.717) is 26.1 Å². The molecule has 0 atom stereocenters. The summed E-state index contributed by atoms with van der Waals surface area (Å²) in [6.45, 7) is 1.32. The van der Waals surface area contributed by atoms with Gasteiger partial charge in [0.05, 0.1) is 13.2 Å². The molecule has 0 aromatic heterocycles.